The number of nitrogens with one attached hydrogen (secondary N) is 2. The van der Waals surface area contributed by atoms with Gasteiger partial charge >= 0.3 is 0 Å². The van der Waals surface area contributed by atoms with Crippen LogP contribution in [0.5, 0.6) is 5.75 Å². The molecule has 2 N–H and O–H groups in total. The second-order valence-electron chi connectivity index (χ2n) is 7.13. The van der Waals surface area contributed by atoms with Crippen molar-refractivity contribution in [3.05, 3.63) is 88.6 Å². The Kier molecular flexibility index (Phi) is 5.72. The van der Waals surface area contributed by atoms with Gasteiger partial charge < -0.3 is 19.8 Å². The van der Waals surface area contributed by atoms with Gasteiger partial charge in [0.15, 0.2) is 5.43 Å². The van der Waals surface area contributed by atoms with E-state index >= 15 is 0 Å². The molecule has 7 heteroatoms. The third-order valence-electron chi connectivity index (χ3n) is 4.81. The Morgan fingerprint density at radius 1 is 0.875 bits per heavy atom. The van der Waals surface area contributed by atoms with Crippen molar-refractivity contribution in [2.45, 2.75) is 6.92 Å². The standard InChI is InChI=1S/C25H20N2O5/c1-15(28)26-19-5-3-4-17(12-19)25(30)27-18-8-6-16(7-9-18)24-14-22(29)21-13-20(31-2)10-11-23(21)32-24/h3-14H,1-2H3,(H,26,28)(H,27,30). The van der Waals surface area contributed by atoms with E-state index in [0.717, 1.165) is 0 Å². The van der Waals surface area contributed by atoms with Gasteiger partial charge in [0.05, 0.1) is 12.5 Å². The molecule has 0 fully saturated rings. The van der Waals surface area contributed by atoms with Crippen LogP contribution in [-0.2, 0) is 4.79 Å². The fourth-order valence-corrected chi connectivity index (χ4v) is 3.27. The number of ether oxygens (including phenoxy) is 1. The summed E-state index contributed by atoms with van der Waals surface area (Å²) in [5.74, 6) is 0.488. The molecule has 0 bridgehead atoms. The molecule has 0 aliphatic carbocycles. The first-order valence-corrected chi connectivity index (χ1v) is 9.84. The summed E-state index contributed by atoms with van der Waals surface area (Å²) in [6.45, 7) is 1.41. The topological polar surface area (TPSA) is 97.6 Å². The minimum atomic E-state index is -0.309. The highest BCUT2D eigenvalue weighted by atomic mass is 16.5. The number of amides is 2. The van der Waals surface area contributed by atoms with Crippen molar-refractivity contribution in [1.82, 2.24) is 0 Å². The third-order valence-corrected chi connectivity index (χ3v) is 4.81. The number of methoxy groups -OCH3 is 1. The van der Waals surface area contributed by atoms with Crippen LogP contribution in [0, 0.1) is 0 Å². The van der Waals surface area contributed by atoms with Crippen LogP contribution in [0.25, 0.3) is 22.3 Å². The zero-order valence-electron chi connectivity index (χ0n) is 17.5. The van der Waals surface area contributed by atoms with Gasteiger partial charge in [-0.1, -0.05) is 6.07 Å². The van der Waals surface area contributed by atoms with Gasteiger partial charge in [-0.2, -0.15) is 0 Å². The summed E-state index contributed by atoms with van der Waals surface area (Å²) < 4.78 is 11.0. The van der Waals surface area contributed by atoms with Crippen LogP contribution in [0.15, 0.2) is 82.0 Å². The smallest absolute Gasteiger partial charge is 0.255 e. The van der Waals surface area contributed by atoms with Crippen molar-refractivity contribution < 1.29 is 18.7 Å². The lowest BCUT2D eigenvalue weighted by Gasteiger charge is -2.09. The van der Waals surface area contributed by atoms with Crippen LogP contribution in [0.2, 0.25) is 0 Å². The molecular formula is C25H20N2O5. The Labute approximate surface area is 183 Å². The van der Waals surface area contributed by atoms with Crippen molar-refractivity contribution in [3.8, 4) is 17.1 Å². The van der Waals surface area contributed by atoms with Crippen molar-refractivity contribution in [2.75, 3.05) is 17.7 Å². The Balaban J connectivity index is 1.54. The van der Waals surface area contributed by atoms with Crippen molar-refractivity contribution in [1.29, 1.82) is 0 Å². The number of fused-ring (bicyclic) bond motifs is 1. The maximum atomic E-state index is 12.6. The Bertz CT molecular complexity index is 1370. The highest BCUT2D eigenvalue weighted by Gasteiger charge is 2.10. The Morgan fingerprint density at radius 3 is 2.38 bits per heavy atom. The molecule has 1 aromatic heterocycles. The largest absolute Gasteiger partial charge is 0.497 e. The van der Waals surface area contributed by atoms with Crippen LogP contribution in [0.3, 0.4) is 0 Å². The molecule has 0 unspecified atom stereocenters. The van der Waals surface area contributed by atoms with Gasteiger partial charge in [0.1, 0.15) is 17.1 Å². The van der Waals surface area contributed by atoms with Gasteiger partial charge in [-0.3, -0.25) is 14.4 Å². The van der Waals surface area contributed by atoms with Gasteiger partial charge in [0.25, 0.3) is 5.91 Å². The maximum absolute atomic E-state index is 12.6. The summed E-state index contributed by atoms with van der Waals surface area (Å²) >= 11 is 0. The molecular weight excluding hydrogens is 408 g/mol. The first-order chi connectivity index (χ1) is 15.4. The maximum Gasteiger partial charge on any atom is 0.255 e. The number of hydrogen-bond acceptors (Lipinski definition) is 5. The molecule has 0 aliphatic rings. The lowest BCUT2D eigenvalue weighted by atomic mass is 10.1. The minimum Gasteiger partial charge on any atom is -0.497 e. The van der Waals surface area contributed by atoms with E-state index in [4.69, 9.17) is 9.15 Å². The third kappa shape index (κ3) is 4.52. The molecule has 0 atom stereocenters. The summed E-state index contributed by atoms with van der Waals surface area (Å²) in [5, 5.41) is 5.91. The second kappa shape index (κ2) is 8.77. The molecule has 0 saturated carbocycles. The van der Waals surface area contributed by atoms with E-state index in [0.29, 0.717) is 45.0 Å². The number of hydrogen-bond donors (Lipinski definition) is 2. The average Bonchev–Trinajstić information content (AvgIpc) is 2.79. The van der Waals surface area contributed by atoms with Crippen LogP contribution >= 0.6 is 0 Å². The van der Waals surface area contributed by atoms with E-state index in [2.05, 4.69) is 10.6 Å². The molecule has 2 amide bonds. The van der Waals surface area contributed by atoms with Gasteiger partial charge in [-0.05, 0) is 60.7 Å². The van der Waals surface area contributed by atoms with E-state index in [9.17, 15) is 14.4 Å². The molecule has 32 heavy (non-hydrogen) atoms. The highest BCUT2D eigenvalue weighted by Crippen LogP contribution is 2.26. The van der Waals surface area contributed by atoms with Crippen molar-refractivity contribution in [2.24, 2.45) is 0 Å². The van der Waals surface area contributed by atoms with Crippen LogP contribution in [0.1, 0.15) is 17.3 Å². The van der Waals surface area contributed by atoms with E-state index in [1.807, 2.05) is 0 Å². The van der Waals surface area contributed by atoms with Gasteiger partial charge in [-0.25, -0.2) is 0 Å². The predicted octanol–water partition coefficient (Wildman–Crippen LogP) is 4.68. The predicted molar refractivity (Wildman–Crippen MR) is 123 cm³/mol. The molecule has 0 saturated heterocycles. The molecule has 3 aromatic carbocycles. The number of carbonyl (C=O) groups is 2. The quantitative estimate of drug-likeness (QED) is 0.481. The van der Waals surface area contributed by atoms with E-state index < -0.39 is 0 Å². The number of anilines is 2. The fourth-order valence-electron chi connectivity index (χ4n) is 3.27. The first-order valence-electron chi connectivity index (χ1n) is 9.84. The molecule has 0 aliphatic heterocycles. The Morgan fingerprint density at radius 2 is 1.66 bits per heavy atom. The second-order valence-corrected chi connectivity index (χ2v) is 7.13. The summed E-state index contributed by atoms with van der Waals surface area (Å²) in [6, 6.07) is 20.1. The zero-order valence-corrected chi connectivity index (χ0v) is 17.5. The lowest BCUT2D eigenvalue weighted by Crippen LogP contribution is -2.13. The summed E-state index contributed by atoms with van der Waals surface area (Å²) in [4.78, 5) is 36.3. The van der Waals surface area contributed by atoms with Crippen molar-refractivity contribution >= 4 is 34.2 Å². The lowest BCUT2D eigenvalue weighted by molar-refractivity contribution is -0.114. The normalized spacial score (nSPS) is 10.6. The number of rotatable bonds is 5. The van der Waals surface area contributed by atoms with Crippen molar-refractivity contribution in [3.63, 3.8) is 0 Å². The van der Waals surface area contributed by atoms with Crippen LogP contribution < -0.4 is 20.8 Å². The SMILES string of the molecule is COc1ccc2oc(-c3ccc(NC(=O)c4cccc(NC(C)=O)c4)cc3)cc(=O)c2c1. The van der Waals surface area contributed by atoms with E-state index in [1.165, 1.54) is 20.1 Å². The molecule has 4 aromatic rings. The molecule has 160 valence electrons. The molecule has 0 spiro atoms. The summed E-state index contributed by atoms with van der Waals surface area (Å²) in [7, 11) is 1.54. The van der Waals surface area contributed by atoms with E-state index in [1.54, 1.807) is 66.7 Å². The monoisotopic (exact) mass is 428 g/mol. The molecule has 7 nitrogen and oxygen atoms in total. The highest BCUT2D eigenvalue weighted by molar-refractivity contribution is 6.05. The van der Waals surface area contributed by atoms with Gasteiger partial charge in [0, 0.05) is 35.5 Å². The van der Waals surface area contributed by atoms with Crippen LogP contribution in [0.4, 0.5) is 11.4 Å². The average molecular weight is 428 g/mol. The number of carbonyl (C=O) groups excluding carboxylic acids is 2. The van der Waals surface area contributed by atoms with Gasteiger partial charge in [-0.15, -0.1) is 0 Å². The Hall–Kier alpha value is -4.39. The molecule has 4 rings (SSSR count). The van der Waals surface area contributed by atoms with Crippen LogP contribution in [-0.4, -0.2) is 18.9 Å². The zero-order chi connectivity index (χ0) is 22.7. The summed E-state index contributed by atoms with van der Waals surface area (Å²) in [5.41, 5.74) is 2.53. The molecule has 0 radical (unpaired) electrons. The fraction of sp³-hybridized carbons (Fsp3) is 0.0800. The van der Waals surface area contributed by atoms with Gasteiger partial charge in [0.2, 0.25) is 5.91 Å². The first kappa shape index (κ1) is 20.9. The summed E-state index contributed by atoms with van der Waals surface area (Å²) in [6.07, 6.45) is 0. The minimum absolute atomic E-state index is 0.170. The van der Waals surface area contributed by atoms with E-state index in [-0.39, 0.29) is 17.2 Å². The molecule has 1 heterocycles. The number of benzene rings is 3.